The van der Waals surface area contributed by atoms with Gasteiger partial charge in [0.05, 0.1) is 12.4 Å². The summed E-state index contributed by atoms with van der Waals surface area (Å²) in [5.74, 6) is -0.518. The predicted octanol–water partition coefficient (Wildman–Crippen LogP) is 0.621. The van der Waals surface area contributed by atoms with E-state index in [-0.39, 0.29) is 18.2 Å². The molecule has 0 radical (unpaired) electrons. The first-order valence-electron chi connectivity index (χ1n) is 4.74. The highest BCUT2D eigenvalue weighted by molar-refractivity contribution is 5.64. The summed E-state index contributed by atoms with van der Waals surface area (Å²) < 4.78 is 22.5. The molecule has 6 nitrogen and oxygen atoms in total. The monoisotopic (exact) mass is 227 g/mol. The Hall–Kier alpha value is -1.92. The first-order valence-corrected chi connectivity index (χ1v) is 4.74. The summed E-state index contributed by atoms with van der Waals surface area (Å²) in [5.41, 5.74) is 4.85. The van der Waals surface area contributed by atoms with Crippen molar-refractivity contribution < 1.29 is 18.7 Å². The van der Waals surface area contributed by atoms with Crippen molar-refractivity contribution in [3.05, 3.63) is 18.2 Å². The molecule has 2 rings (SSSR count). The van der Waals surface area contributed by atoms with Gasteiger partial charge in [-0.2, -0.15) is 0 Å². The van der Waals surface area contributed by atoms with Gasteiger partial charge in [-0.15, -0.1) is 0 Å². The summed E-state index contributed by atoms with van der Waals surface area (Å²) in [5, 5.41) is 0. The number of carbonyl (C=O) groups excluding carboxylic acids is 1. The Bertz CT molecular complexity index is 378. The quantitative estimate of drug-likeness (QED) is 0.817. The zero-order valence-corrected chi connectivity index (χ0v) is 8.30. The lowest BCUT2D eigenvalue weighted by Crippen LogP contribution is -2.41. The molecule has 1 amide bonds. The molecule has 1 fully saturated rings. The summed E-state index contributed by atoms with van der Waals surface area (Å²) in [6.45, 7) is 0. The Morgan fingerprint density at radius 3 is 2.56 bits per heavy atom. The van der Waals surface area contributed by atoms with Gasteiger partial charge in [0.2, 0.25) is 0 Å². The minimum Gasteiger partial charge on any atom is -0.460 e. The number of aromatic nitrogens is 2. The van der Waals surface area contributed by atoms with E-state index in [4.69, 9.17) is 15.2 Å². The third-order valence-corrected chi connectivity index (χ3v) is 2.20. The number of rotatable bonds is 3. The van der Waals surface area contributed by atoms with Crippen LogP contribution in [0, 0.1) is 5.82 Å². The number of nitrogens with two attached hydrogens (primary N) is 1. The molecule has 86 valence electrons. The molecule has 2 N–H and O–H groups in total. The zero-order valence-electron chi connectivity index (χ0n) is 8.30. The number of nitrogens with zero attached hydrogens (tertiary/aromatic N) is 2. The number of hydrogen-bond acceptors (Lipinski definition) is 5. The Morgan fingerprint density at radius 1 is 1.38 bits per heavy atom. The van der Waals surface area contributed by atoms with Gasteiger partial charge < -0.3 is 15.2 Å². The maximum absolute atomic E-state index is 12.5. The molecule has 7 heteroatoms. The van der Waals surface area contributed by atoms with Crippen molar-refractivity contribution in [2.45, 2.75) is 25.0 Å². The second-order valence-corrected chi connectivity index (χ2v) is 3.45. The smallest absolute Gasteiger partial charge is 0.404 e. The van der Waals surface area contributed by atoms with Crippen molar-refractivity contribution >= 4 is 6.09 Å². The molecule has 0 atom stereocenters. The number of ether oxygens (including phenoxy) is 2. The van der Waals surface area contributed by atoms with Gasteiger partial charge in [-0.3, -0.25) is 0 Å². The van der Waals surface area contributed by atoms with Crippen LogP contribution in [-0.4, -0.2) is 28.3 Å². The van der Waals surface area contributed by atoms with Crippen LogP contribution in [0.25, 0.3) is 0 Å². The standard InChI is InChI=1S/C9H10FN3O3/c10-5-3-12-9(13-4-5)16-7-1-6(2-7)15-8(11)14/h3-4,6-7H,1-2H2,(H2,11,14)/t6-,7-. The van der Waals surface area contributed by atoms with Crippen molar-refractivity contribution in [1.29, 1.82) is 0 Å². The minimum atomic E-state index is -0.790. The fourth-order valence-electron chi connectivity index (χ4n) is 1.38. The van der Waals surface area contributed by atoms with Gasteiger partial charge in [0.25, 0.3) is 0 Å². The molecule has 0 spiro atoms. The lowest BCUT2D eigenvalue weighted by atomic mass is 9.92. The second-order valence-electron chi connectivity index (χ2n) is 3.45. The molecule has 1 aromatic rings. The number of primary amides is 1. The topological polar surface area (TPSA) is 87.3 Å². The van der Waals surface area contributed by atoms with Crippen LogP contribution in [-0.2, 0) is 4.74 Å². The molecule has 0 unspecified atom stereocenters. The van der Waals surface area contributed by atoms with Crippen LogP contribution in [0.1, 0.15) is 12.8 Å². The number of carbonyl (C=O) groups is 1. The second kappa shape index (κ2) is 4.30. The van der Waals surface area contributed by atoms with Gasteiger partial charge in [-0.05, 0) is 0 Å². The minimum absolute atomic E-state index is 0.115. The largest absolute Gasteiger partial charge is 0.460 e. The normalized spacial score (nSPS) is 23.3. The summed E-state index contributed by atoms with van der Waals surface area (Å²) >= 11 is 0. The van der Waals surface area contributed by atoms with Crippen molar-refractivity contribution in [2.75, 3.05) is 0 Å². The van der Waals surface area contributed by atoms with E-state index < -0.39 is 11.9 Å². The Morgan fingerprint density at radius 2 is 2.00 bits per heavy atom. The molecule has 0 aliphatic heterocycles. The van der Waals surface area contributed by atoms with Crippen LogP contribution in [0.2, 0.25) is 0 Å². The summed E-state index contributed by atoms with van der Waals surface area (Å²) in [6, 6.07) is 0.115. The molecule has 1 saturated carbocycles. The first-order chi connectivity index (χ1) is 7.63. The Balaban J connectivity index is 1.77. The van der Waals surface area contributed by atoms with Gasteiger partial charge in [0.1, 0.15) is 12.2 Å². The molecule has 1 aromatic heterocycles. The maximum atomic E-state index is 12.5. The molecule has 1 heterocycles. The highest BCUT2D eigenvalue weighted by Gasteiger charge is 2.34. The van der Waals surface area contributed by atoms with Gasteiger partial charge in [-0.25, -0.2) is 19.2 Å². The van der Waals surface area contributed by atoms with Crippen LogP contribution in [0.3, 0.4) is 0 Å². The molecular formula is C9H10FN3O3. The number of hydrogen-bond donors (Lipinski definition) is 1. The molecular weight excluding hydrogens is 217 g/mol. The van der Waals surface area contributed by atoms with E-state index in [1.54, 1.807) is 0 Å². The maximum Gasteiger partial charge on any atom is 0.404 e. The van der Waals surface area contributed by atoms with Crippen LogP contribution in [0.5, 0.6) is 6.01 Å². The van der Waals surface area contributed by atoms with Gasteiger partial charge in [0.15, 0.2) is 5.82 Å². The van der Waals surface area contributed by atoms with E-state index in [0.29, 0.717) is 12.8 Å². The summed E-state index contributed by atoms with van der Waals surface area (Å²) in [7, 11) is 0. The Labute approximate surface area is 90.6 Å². The van der Waals surface area contributed by atoms with Crippen molar-refractivity contribution in [3.63, 3.8) is 0 Å². The number of amides is 1. The van der Waals surface area contributed by atoms with E-state index in [2.05, 4.69) is 9.97 Å². The highest BCUT2D eigenvalue weighted by atomic mass is 19.1. The molecule has 0 saturated heterocycles. The van der Waals surface area contributed by atoms with Crippen LogP contribution < -0.4 is 10.5 Å². The van der Waals surface area contributed by atoms with Crippen molar-refractivity contribution in [2.24, 2.45) is 5.73 Å². The van der Waals surface area contributed by atoms with E-state index in [1.165, 1.54) is 0 Å². The number of halogens is 1. The Kier molecular flexibility index (Phi) is 2.84. The summed E-state index contributed by atoms with van der Waals surface area (Å²) in [4.78, 5) is 17.7. The molecule has 0 bridgehead atoms. The lowest BCUT2D eigenvalue weighted by molar-refractivity contribution is -0.0234. The van der Waals surface area contributed by atoms with Crippen LogP contribution in [0.4, 0.5) is 9.18 Å². The molecule has 16 heavy (non-hydrogen) atoms. The predicted molar refractivity (Wildman–Crippen MR) is 50.1 cm³/mol. The average molecular weight is 227 g/mol. The fourth-order valence-corrected chi connectivity index (χ4v) is 1.38. The van der Waals surface area contributed by atoms with Crippen LogP contribution in [0.15, 0.2) is 12.4 Å². The average Bonchev–Trinajstić information content (AvgIpc) is 2.17. The lowest BCUT2D eigenvalue weighted by Gasteiger charge is -2.33. The SMILES string of the molecule is NC(=O)O[C@H]1C[C@H](Oc2ncc(F)cn2)C1. The van der Waals surface area contributed by atoms with Crippen molar-refractivity contribution in [3.8, 4) is 6.01 Å². The van der Waals surface area contributed by atoms with Gasteiger partial charge in [0, 0.05) is 12.8 Å². The van der Waals surface area contributed by atoms with Gasteiger partial charge in [-0.1, -0.05) is 0 Å². The summed E-state index contributed by atoms with van der Waals surface area (Å²) in [6.07, 6.45) is 2.03. The third-order valence-electron chi connectivity index (χ3n) is 2.20. The van der Waals surface area contributed by atoms with E-state index >= 15 is 0 Å². The molecule has 0 aromatic carbocycles. The zero-order chi connectivity index (χ0) is 11.5. The van der Waals surface area contributed by atoms with E-state index in [0.717, 1.165) is 12.4 Å². The van der Waals surface area contributed by atoms with E-state index in [1.807, 2.05) is 0 Å². The van der Waals surface area contributed by atoms with Crippen molar-refractivity contribution in [1.82, 2.24) is 9.97 Å². The fraction of sp³-hybridized carbons (Fsp3) is 0.444. The van der Waals surface area contributed by atoms with Crippen LogP contribution >= 0.6 is 0 Å². The molecule has 1 aliphatic carbocycles. The van der Waals surface area contributed by atoms with E-state index in [9.17, 15) is 9.18 Å². The molecule has 1 aliphatic rings. The highest BCUT2D eigenvalue weighted by Crippen LogP contribution is 2.26. The third kappa shape index (κ3) is 2.56. The first kappa shape index (κ1) is 10.6. The van der Waals surface area contributed by atoms with Gasteiger partial charge >= 0.3 is 12.1 Å².